The Hall–Kier alpha value is -0.610. The van der Waals surface area contributed by atoms with E-state index in [1.165, 1.54) is 0 Å². The molecule has 0 saturated carbocycles. The minimum atomic E-state index is -0.0436. The molecule has 0 heterocycles. The van der Waals surface area contributed by atoms with E-state index >= 15 is 0 Å². The Bertz CT molecular complexity index is 148. The topological polar surface area (TPSA) is 81.1 Å². The Morgan fingerprint density at radius 1 is 1.46 bits per heavy atom. The van der Waals surface area contributed by atoms with E-state index in [9.17, 15) is 4.79 Å². The highest BCUT2D eigenvalue weighted by Crippen LogP contribution is 2.01. The maximum absolute atomic E-state index is 11.2. The number of amides is 1. The molecule has 1 amide bonds. The predicted octanol–water partition coefficient (Wildman–Crippen LogP) is -0.175. The van der Waals surface area contributed by atoms with Crippen LogP contribution in [0.2, 0.25) is 0 Å². The lowest BCUT2D eigenvalue weighted by Gasteiger charge is -2.14. The van der Waals surface area contributed by atoms with Crippen LogP contribution < -0.4 is 16.8 Å². The zero-order valence-corrected chi connectivity index (χ0v) is 8.55. The van der Waals surface area contributed by atoms with E-state index in [0.717, 1.165) is 6.42 Å². The minimum Gasteiger partial charge on any atom is -0.356 e. The van der Waals surface area contributed by atoms with Crippen LogP contribution in [0, 0.1) is 5.92 Å². The maximum Gasteiger partial charge on any atom is 0.221 e. The summed E-state index contributed by atoms with van der Waals surface area (Å²) in [5.74, 6) is 0.370. The highest BCUT2D eigenvalue weighted by molar-refractivity contribution is 5.76. The maximum atomic E-state index is 11.2. The molecule has 0 bridgehead atoms. The molecule has 0 aromatic carbocycles. The summed E-state index contributed by atoms with van der Waals surface area (Å²) in [7, 11) is 0. The first kappa shape index (κ1) is 12.4. The number of carbonyl (C=O) groups is 1. The van der Waals surface area contributed by atoms with E-state index in [2.05, 4.69) is 5.32 Å². The van der Waals surface area contributed by atoms with Crippen molar-refractivity contribution in [3.63, 3.8) is 0 Å². The largest absolute Gasteiger partial charge is 0.356 e. The van der Waals surface area contributed by atoms with Crippen molar-refractivity contribution in [2.24, 2.45) is 17.4 Å². The Balaban J connectivity index is 3.50. The lowest BCUT2D eigenvalue weighted by molar-refractivity contribution is -0.121. The lowest BCUT2D eigenvalue weighted by Crippen LogP contribution is -2.35. The molecule has 4 nitrogen and oxygen atoms in total. The van der Waals surface area contributed by atoms with Crippen molar-refractivity contribution in [1.82, 2.24) is 5.32 Å². The molecule has 0 aliphatic heterocycles. The van der Waals surface area contributed by atoms with Gasteiger partial charge in [0.15, 0.2) is 0 Å². The molecule has 1 unspecified atom stereocenters. The standard InChI is InChI=1S/C9H21N3O/c1-7(2)8(11)6-9(13)12-5-3-4-10/h7-8H,3-6,10-11H2,1-2H3,(H,12,13). The van der Waals surface area contributed by atoms with Crippen LogP contribution in [0.1, 0.15) is 26.7 Å². The Kier molecular flexibility index (Phi) is 6.54. The number of rotatable bonds is 6. The summed E-state index contributed by atoms with van der Waals surface area (Å²) < 4.78 is 0. The van der Waals surface area contributed by atoms with E-state index in [4.69, 9.17) is 11.5 Å². The van der Waals surface area contributed by atoms with Crippen LogP contribution in [0.25, 0.3) is 0 Å². The second-order valence-electron chi connectivity index (χ2n) is 3.60. The van der Waals surface area contributed by atoms with E-state index in [1.807, 2.05) is 13.8 Å². The summed E-state index contributed by atoms with van der Waals surface area (Å²) in [5, 5.41) is 2.77. The van der Waals surface area contributed by atoms with Gasteiger partial charge < -0.3 is 16.8 Å². The first-order chi connectivity index (χ1) is 6.07. The van der Waals surface area contributed by atoms with Crippen LogP contribution in [0.3, 0.4) is 0 Å². The summed E-state index contributed by atoms with van der Waals surface area (Å²) in [6.07, 6.45) is 1.23. The SMILES string of the molecule is CC(C)C(N)CC(=O)NCCCN. The lowest BCUT2D eigenvalue weighted by atomic mass is 10.0. The van der Waals surface area contributed by atoms with Gasteiger partial charge >= 0.3 is 0 Å². The molecule has 4 heteroatoms. The molecule has 0 aromatic rings. The van der Waals surface area contributed by atoms with Gasteiger partial charge in [-0.05, 0) is 18.9 Å². The summed E-state index contributed by atoms with van der Waals surface area (Å²) in [6, 6.07) is -0.0436. The van der Waals surface area contributed by atoms with Crippen molar-refractivity contribution in [1.29, 1.82) is 0 Å². The fourth-order valence-corrected chi connectivity index (χ4v) is 0.852. The quantitative estimate of drug-likeness (QED) is 0.505. The second-order valence-corrected chi connectivity index (χ2v) is 3.60. The van der Waals surface area contributed by atoms with Gasteiger partial charge in [-0.25, -0.2) is 0 Å². The average Bonchev–Trinajstić information content (AvgIpc) is 2.04. The molecule has 0 aliphatic rings. The third-order valence-corrected chi connectivity index (χ3v) is 1.98. The Morgan fingerprint density at radius 3 is 2.54 bits per heavy atom. The number of nitrogens with one attached hydrogen (secondary N) is 1. The first-order valence-corrected chi connectivity index (χ1v) is 4.80. The van der Waals surface area contributed by atoms with Gasteiger partial charge in [0.1, 0.15) is 0 Å². The molecule has 0 saturated heterocycles. The average molecular weight is 187 g/mol. The fraction of sp³-hybridized carbons (Fsp3) is 0.889. The monoisotopic (exact) mass is 187 g/mol. The molecule has 0 aliphatic carbocycles. The van der Waals surface area contributed by atoms with Crippen molar-refractivity contribution < 1.29 is 4.79 Å². The third kappa shape index (κ3) is 6.54. The van der Waals surface area contributed by atoms with Crippen LogP contribution >= 0.6 is 0 Å². The van der Waals surface area contributed by atoms with E-state index in [1.54, 1.807) is 0 Å². The van der Waals surface area contributed by atoms with E-state index < -0.39 is 0 Å². The van der Waals surface area contributed by atoms with Crippen molar-refractivity contribution in [2.75, 3.05) is 13.1 Å². The highest BCUT2D eigenvalue weighted by Gasteiger charge is 2.11. The zero-order valence-electron chi connectivity index (χ0n) is 8.55. The van der Waals surface area contributed by atoms with Gasteiger partial charge in [0.25, 0.3) is 0 Å². The number of nitrogens with two attached hydrogens (primary N) is 2. The molecule has 0 radical (unpaired) electrons. The minimum absolute atomic E-state index is 0.0228. The molecule has 0 aromatic heterocycles. The number of hydrogen-bond donors (Lipinski definition) is 3. The van der Waals surface area contributed by atoms with Crippen LogP contribution in [0.5, 0.6) is 0 Å². The molecule has 5 N–H and O–H groups in total. The molecular weight excluding hydrogens is 166 g/mol. The van der Waals surface area contributed by atoms with Gasteiger partial charge in [-0.3, -0.25) is 4.79 Å². The molecular formula is C9H21N3O. The number of carbonyl (C=O) groups excluding carboxylic acids is 1. The summed E-state index contributed by atoms with van der Waals surface area (Å²) in [4.78, 5) is 11.2. The van der Waals surface area contributed by atoms with Gasteiger partial charge in [0.05, 0.1) is 0 Å². The molecule has 0 fully saturated rings. The van der Waals surface area contributed by atoms with Gasteiger partial charge in [-0.15, -0.1) is 0 Å². The summed E-state index contributed by atoms with van der Waals surface area (Å²) >= 11 is 0. The van der Waals surface area contributed by atoms with Crippen molar-refractivity contribution in [3.05, 3.63) is 0 Å². The predicted molar refractivity (Wildman–Crippen MR) is 54.1 cm³/mol. The van der Waals surface area contributed by atoms with Crippen molar-refractivity contribution in [2.45, 2.75) is 32.7 Å². The molecule has 13 heavy (non-hydrogen) atoms. The molecule has 0 rings (SSSR count). The Labute approximate surface area is 80.0 Å². The highest BCUT2D eigenvalue weighted by atomic mass is 16.1. The summed E-state index contributed by atoms with van der Waals surface area (Å²) in [6.45, 7) is 5.28. The van der Waals surface area contributed by atoms with Gasteiger partial charge in [-0.2, -0.15) is 0 Å². The number of hydrogen-bond acceptors (Lipinski definition) is 3. The van der Waals surface area contributed by atoms with Crippen molar-refractivity contribution in [3.8, 4) is 0 Å². The normalized spacial score (nSPS) is 13.0. The molecule has 78 valence electrons. The Morgan fingerprint density at radius 2 is 2.08 bits per heavy atom. The fourth-order valence-electron chi connectivity index (χ4n) is 0.852. The summed E-state index contributed by atoms with van der Waals surface area (Å²) in [5.41, 5.74) is 11.0. The van der Waals surface area contributed by atoms with E-state index in [-0.39, 0.29) is 11.9 Å². The van der Waals surface area contributed by atoms with Crippen LogP contribution in [0.15, 0.2) is 0 Å². The second kappa shape index (κ2) is 6.86. The molecule has 1 atom stereocenters. The van der Waals surface area contributed by atoms with Gasteiger partial charge in [0.2, 0.25) is 5.91 Å². The van der Waals surface area contributed by atoms with Gasteiger partial charge in [0, 0.05) is 19.0 Å². The van der Waals surface area contributed by atoms with Gasteiger partial charge in [-0.1, -0.05) is 13.8 Å². The smallest absolute Gasteiger partial charge is 0.221 e. The van der Waals surface area contributed by atoms with Crippen molar-refractivity contribution >= 4 is 5.91 Å². The molecule has 0 spiro atoms. The van der Waals surface area contributed by atoms with Crippen LogP contribution in [0.4, 0.5) is 0 Å². The zero-order chi connectivity index (χ0) is 10.3. The first-order valence-electron chi connectivity index (χ1n) is 4.80. The van der Waals surface area contributed by atoms with Crippen LogP contribution in [-0.4, -0.2) is 25.0 Å². The third-order valence-electron chi connectivity index (χ3n) is 1.98. The van der Waals surface area contributed by atoms with Crippen LogP contribution in [-0.2, 0) is 4.79 Å². The van der Waals surface area contributed by atoms with E-state index in [0.29, 0.717) is 25.4 Å².